The molecule has 4 atom stereocenters. The number of hydrogen-bond acceptors (Lipinski definition) is 4. The molecule has 4 saturated carbocycles. The molecular formula is C20H25BrO4. The normalized spacial score (nSPS) is 35.5. The van der Waals surface area contributed by atoms with E-state index in [1.165, 1.54) is 19.3 Å². The van der Waals surface area contributed by atoms with Crippen molar-refractivity contribution in [1.29, 1.82) is 0 Å². The van der Waals surface area contributed by atoms with Gasteiger partial charge in [0, 0.05) is 9.89 Å². The maximum absolute atomic E-state index is 13.1. The average Bonchev–Trinajstić information content (AvgIpc) is 2.56. The average molecular weight is 409 g/mol. The molecule has 0 radical (unpaired) electrons. The van der Waals surface area contributed by atoms with Gasteiger partial charge in [0.25, 0.3) is 0 Å². The van der Waals surface area contributed by atoms with E-state index in [-0.39, 0.29) is 22.3 Å². The summed E-state index contributed by atoms with van der Waals surface area (Å²) in [5.74, 6) is 2.60. The first-order valence-corrected chi connectivity index (χ1v) is 9.82. The topological polar surface area (TPSA) is 44.8 Å². The second-order valence-corrected chi connectivity index (χ2v) is 9.80. The third-order valence-electron chi connectivity index (χ3n) is 6.27. The summed E-state index contributed by atoms with van der Waals surface area (Å²) in [5.41, 5.74) is 0.549. The first-order chi connectivity index (χ1) is 12.0. The highest BCUT2D eigenvalue weighted by Gasteiger charge is 2.60. The zero-order chi connectivity index (χ0) is 17.7. The quantitative estimate of drug-likeness (QED) is 0.532. The minimum atomic E-state index is -0.292. The summed E-state index contributed by atoms with van der Waals surface area (Å²) in [4.78, 5) is 13.1. The minimum Gasteiger partial charge on any atom is -0.493 e. The Morgan fingerprint density at radius 1 is 1.16 bits per heavy atom. The van der Waals surface area contributed by atoms with E-state index in [1.807, 2.05) is 18.2 Å². The van der Waals surface area contributed by atoms with Crippen LogP contribution in [0.15, 0.2) is 18.2 Å². The molecule has 4 nitrogen and oxygen atoms in total. The number of rotatable bonds is 5. The molecule has 5 heteroatoms. The molecule has 0 heterocycles. The Labute approximate surface area is 157 Å². The van der Waals surface area contributed by atoms with Gasteiger partial charge in [0.2, 0.25) is 0 Å². The highest BCUT2D eigenvalue weighted by atomic mass is 79.9. The first-order valence-electron chi connectivity index (χ1n) is 9.03. The van der Waals surface area contributed by atoms with Crippen molar-refractivity contribution in [2.45, 2.75) is 49.5 Å². The molecule has 25 heavy (non-hydrogen) atoms. The summed E-state index contributed by atoms with van der Waals surface area (Å²) in [5, 5.41) is 0. The molecule has 0 N–H and O–H groups in total. The van der Waals surface area contributed by atoms with Crippen LogP contribution in [0.4, 0.5) is 0 Å². The highest BCUT2D eigenvalue weighted by Crippen LogP contribution is 2.64. The molecule has 4 aliphatic rings. The summed E-state index contributed by atoms with van der Waals surface area (Å²) in [7, 11) is 3.22. The number of para-hydroxylation sites is 1. The van der Waals surface area contributed by atoms with Gasteiger partial charge in [0.15, 0.2) is 11.5 Å². The van der Waals surface area contributed by atoms with Crippen LogP contribution in [0.1, 0.15) is 44.1 Å². The van der Waals surface area contributed by atoms with Gasteiger partial charge in [-0.3, -0.25) is 4.79 Å². The predicted molar refractivity (Wildman–Crippen MR) is 98.1 cm³/mol. The Kier molecular flexibility index (Phi) is 4.25. The molecule has 0 amide bonds. The number of hydrogen-bond donors (Lipinski definition) is 0. The lowest BCUT2D eigenvalue weighted by atomic mass is 9.49. The molecule has 4 bridgehead atoms. The van der Waals surface area contributed by atoms with Crippen molar-refractivity contribution in [2.75, 3.05) is 14.2 Å². The molecule has 2 unspecified atom stereocenters. The molecule has 4 aliphatic carbocycles. The summed E-state index contributed by atoms with van der Waals surface area (Å²) in [6.45, 7) is 0.228. The minimum absolute atomic E-state index is 0.0321. The van der Waals surface area contributed by atoms with Crippen LogP contribution in [0.5, 0.6) is 11.5 Å². The number of esters is 1. The van der Waals surface area contributed by atoms with Crippen LogP contribution in [0.3, 0.4) is 0 Å². The molecule has 5 rings (SSSR count). The second kappa shape index (κ2) is 6.19. The van der Waals surface area contributed by atoms with Crippen LogP contribution < -0.4 is 9.47 Å². The Morgan fingerprint density at radius 3 is 2.48 bits per heavy atom. The number of carbonyl (C=O) groups excluding carboxylic acids is 1. The van der Waals surface area contributed by atoms with Crippen molar-refractivity contribution in [3.63, 3.8) is 0 Å². The van der Waals surface area contributed by atoms with E-state index in [4.69, 9.17) is 14.2 Å². The third kappa shape index (κ3) is 2.94. The van der Waals surface area contributed by atoms with E-state index in [9.17, 15) is 4.79 Å². The Balaban J connectivity index is 1.50. The van der Waals surface area contributed by atoms with Crippen LogP contribution >= 0.6 is 15.9 Å². The van der Waals surface area contributed by atoms with E-state index in [2.05, 4.69) is 15.9 Å². The van der Waals surface area contributed by atoms with Crippen molar-refractivity contribution in [3.8, 4) is 11.5 Å². The Hall–Kier alpha value is -1.23. The van der Waals surface area contributed by atoms with Gasteiger partial charge >= 0.3 is 5.97 Å². The van der Waals surface area contributed by atoms with E-state index in [0.29, 0.717) is 23.3 Å². The van der Waals surface area contributed by atoms with Gasteiger partial charge in [-0.25, -0.2) is 0 Å². The molecule has 1 aromatic rings. The van der Waals surface area contributed by atoms with Crippen molar-refractivity contribution < 1.29 is 19.0 Å². The molecule has 4 fully saturated rings. The number of alkyl halides is 1. The molecular weight excluding hydrogens is 384 g/mol. The van der Waals surface area contributed by atoms with Crippen LogP contribution in [0.25, 0.3) is 0 Å². The van der Waals surface area contributed by atoms with Crippen LogP contribution in [-0.4, -0.2) is 24.5 Å². The number of halogens is 1. The highest BCUT2D eigenvalue weighted by molar-refractivity contribution is 9.10. The fraction of sp³-hybridized carbons (Fsp3) is 0.650. The smallest absolute Gasteiger partial charge is 0.312 e. The monoisotopic (exact) mass is 408 g/mol. The Bertz CT molecular complexity index is 672. The number of carbonyl (C=O) groups is 1. The molecule has 136 valence electrons. The second-order valence-electron chi connectivity index (χ2n) is 8.12. The van der Waals surface area contributed by atoms with Crippen molar-refractivity contribution >= 4 is 21.9 Å². The van der Waals surface area contributed by atoms with Gasteiger partial charge in [-0.1, -0.05) is 28.1 Å². The van der Waals surface area contributed by atoms with E-state index >= 15 is 0 Å². The summed E-state index contributed by atoms with van der Waals surface area (Å²) in [6, 6.07) is 5.65. The first kappa shape index (κ1) is 17.2. The SMILES string of the molecule is COc1cccc(COC(=O)C23C[C@@H]4C[C@@H](CC(Br)(C4)C2)C3)c1OC. The lowest BCUT2D eigenvalue weighted by molar-refractivity contribution is -0.170. The molecule has 0 aliphatic heterocycles. The predicted octanol–water partition coefficient (Wildman–Crippen LogP) is 4.48. The fourth-order valence-corrected chi connectivity index (χ4v) is 7.21. The van der Waals surface area contributed by atoms with Gasteiger partial charge < -0.3 is 14.2 Å². The third-order valence-corrected chi connectivity index (χ3v) is 7.19. The lowest BCUT2D eigenvalue weighted by Gasteiger charge is -2.58. The van der Waals surface area contributed by atoms with Gasteiger partial charge in [-0.2, -0.15) is 0 Å². The van der Waals surface area contributed by atoms with Gasteiger partial charge in [-0.15, -0.1) is 0 Å². The molecule has 1 aromatic carbocycles. The van der Waals surface area contributed by atoms with Crippen LogP contribution in [0, 0.1) is 17.3 Å². The zero-order valence-electron chi connectivity index (χ0n) is 14.8. The standard InChI is InChI=1S/C20H25BrO4/c1-23-16-5-3-4-15(17(16)24-2)11-25-18(22)19-7-13-6-14(8-19)10-20(21,9-13)12-19/h3-5,13-14H,6-12H2,1-2H3/t13-,14+,19?,20?. The number of benzene rings is 1. The van der Waals surface area contributed by atoms with Gasteiger partial charge in [0.05, 0.1) is 19.6 Å². The number of methoxy groups -OCH3 is 2. The Morgan fingerprint density at radius 2 is 1.88 bits per heavy atom. The lowest BCUT2D eigenvalue weighted by Crippen LogP contribution is -2.56. The summed E-state index contributed by atoms with van der Waals surface area (Å²) >= 11 is 3.95. The maximum atomic E-state index is 13.1. The summed E-state index contributed by atoms with van der Waals surface area (Å²) in [6.07, 6.45) is 6.60. The number of ether oxygens (including phenoxy) is 3. The molecule has 0 spiro atoms. The maximum Gasteiger partial charge on any atom is 0.312 e. The van der Waals surface area contributed by atoms with E-state index in [0.717, 1.165) is 24.8 Å². The molecule has 0 aromatic heterocycles. The van der Waals surface area contributed by atoms with E-state index in [1.54, 1.807) is 14.2 Å². The fourth-order valence-electron chi connectivity index (χ4n) is 5.75. The van der Waals surface area contributed by atoms with Crippen LogP contribution in [-0.2, 0) is 16.1 Å². The van der Waals surface area contributed by atoms with Crippen molar-refractivity contribution in [2.24, 2.45) is 17.3 Å². The van der Waals surface area contributed by atoms with Crippen molar-refractivity contribution in [3.05, 3.63) is 23.8 Å². The van der Waals surface area contributed by atoms with E-state index < -0.39 is 0 Å². The molecule has 0 saturated heterocycles. The van der Waals surface area contributed by atoms with Crippen molar-refractivity contribution in [1.82, 2.24) is 0 Å². The van der Waals surface area contributed by atoms with Gasteiger partial charge in [-0.05, 0) is 56.4 Å². The summed E-state index contributed by atoms with van der Waals surface area (Å²) < 4.78 is 16.7. The zero-order valence-corrected chi connectivity index (χ0v) is 16.4. The van der Waals surface area contributed by atoms with Crippen LogP contribution in [0.2, 0.25) is 0 Å². The largest absolute Gasteiger partial charge is 0.493 e. The van der Waals surface area contributed by atoms with Gasteiger partial charge in [0.1, 0.15) is 6.61 Å².